The molecule has 0 saturated heterocycles. The van der Waals surface area contributed by atoms with Crippen molar-refractivity contribution in [2.24, 2.45) is 5.92 Å². The fourth-order valence-corrected chi connectivity index (χ4v) is 2.49. The van der Waals surface area contributed by atoms with Crippen LogP contribution in [0, 0.1) is 5.92 Å². The minimum absolute atomic E-state index is 0.116. The maximum Gasteiger partial charge on any atom is 0.270 e. The van der Waals surface area contributed by atoms with E-state index in [0.717, 1.165) is 30.2 Å². The van der Waals surface area contributed by atoms with Crippen molar-refractivity contribution < 1.29 is 9.90 Å². The fraction of sp³-hybridized carbons (Fsp3) is 0.538. The Morgan fingerprint density at radius 1 is 1.39 bits per heavy atom. The van der Waals surface area contributed by atoms with E-state index in [1.165, 1.54) is 0 Å². The van der Waals surface area contributed by atoms with Crippen LogP contribution in [0.3, 0.4) is 0 Å². The molecule has 1 amide bonds. The van der Waals surface area contributed by atoms with Gasteiger partial charge in [-0.15, -0.1) is 0 Å². The lowest BCUT2D eigenvalue weighted by Crippen LogP contribution is -2.38. The summed E-state index contributed by atoms with van der Waals surface area (Å²) in [7, 11) is 0. The first-order chi connectivity index (χ1) is 8.69. The summed E-state index contributed by atoms with van der Waals surface area (Å²) >= 11 is 3.29. The first kappa shape index (κ1) is 13.5. The molecule has 1 saturated carbocycles. The van der Waals surface area contributed by atoms with Gasteiger partial charge in [0.25, 0.3) is 5.91 Å². The van der Waals surface area contributed by atoms with Crippen molar-refractivity contribution in [1.82, 2.24) is 10.3 Å². The highest BCUT2D eigenvalue weighted by atomic mass is 79.9. The number of rotatable bonds is 3. The molecule has 1 heterocycles. The molecular formula is C13H17BrN2O2. The van der Waals surface area contributed by atoms with Gasteiger partial charge in [-0.3, -0.25) is 4.79 Å². The normalized spacial score (nSPS) is 23.7. The molecule has 4 nitrogen and oxygen atoms in total. The first-order valence-electron chi connectivity index (χ1n) is 6.22. The summed E-state index contributed by atoms with van der Waals surface area (Å²) in [5.74, 6) is 0.291. The number of nitrogens with zero attached hydrogens (tertiary/aromatic N) is 1. The minimum Gasteiger partial charge on any atom is -0.396 e. The second-order valence-electron chi connectivity index (χ2n) is 4.74. The van der Waals surface area contributed by atoms with Crippen LogP contribution in [0.5, 0.6) is 0 Å². The standard InChI is InChI=1S/C13H17BrN2O2/c14-10-3-6-12(15-7-10)13(18)16-11-4-1-9(8-17)2-5-11/h3,6-7,9,11,17H,1-2,4-5,8H2,(H,16,18). The predicted molar refractivity (Wildman–Crippen MR) is 72.2 cm³/mol. The van der Waals surface area contributed by atoms with Crippen LogP contribution in [0.2, 0.25) is 0 Å². The molecule has 2 N–H and O–H groups in total. The van der Waals surface area contributed by atoms with Crippen LogP contribution < -0.4 is 5.32 Å². The number of hydrogen-bond donors (Lipinski definition) is 2. The summed E-state index contributed by atoms with van der Waals surface area (Å²) in [5, 5.41) is 12.1. The van der Waals surface area contributed by atoms with E-state index in [1.54, 1.807) is 12.3 Å². The van der Waals surface area contributed by atoms with Crippen LogP contribution in [-0.2, 0) is 0 Å². The van der Waals surface area contributed by atoms with Gasteiger partial charge in [-0.25, -0.2) is 4.98 Å². The molecule has 0 unspecified atom stereocenters. The van der Waals surface area contributed by atoms with Gasteiger partial charge in [0.15, 0.2) is 0 Å². The van der Waals surface area contributed by atoms with Crippen LogP contribution in [-0.4, -0.2) is 28.6 Å². The molecule has 1 aliphatic carbocycles. The van der Waals surface area contributed by atoms with Crippen LogP contribution in [0.15, 0.2) is 22.8 Å². The van der Waals surface area contributed by atoms with Crippen molar-refractivity contribution in [2.75, 3.05) is 6.61 Å². The summed E-state index contributed by atoms with van der Waals surface area (Å²) in [6, 6.07) is 3.73. The number of amides is 1. The summed E-state index contributed by atoms with van der Waals surface area (Å²) in [5.41, 5.74) is 0.447. The Morgan fingerprint density at radius 2 is 2.11 bits per heavy atom. The molecule has 1 aliphatic rings. The molecule has 0 bridgehead atoms. The third kappa shape index (κ3) is 3.53. The van der Waals surface area contributed by atoms with Crippen LogP contribution in [0.25, 0.3) is 0 Å². The van der Waals surface area contributed by atoms with E-state index >= 15 is 0 Å². The number of carbonyl (C=O) groups is 1. The molecule has 1 fully saturated rings. The van der Waals surface area contributed by atoms with Gasteiger partial charge < -0.3 is 10.4 Å². The molecule has 0 aromatic carbocycles. The van der Waals surface area contributed by atoms with E-state index in [9.17, 15) is 4.79 Å². The minimum atomic E-state index is -0.116. The van der Waals surface area contributed by atoms with Gasteiger partial charge >= 0.3 is 0 Å². The van der Waals surface area contributed by atoms with E-state index in [4.69, 9.17) is 5.11 Å². The van der Waals surface area contributed by atoms with E-state index in [1.807, 2.05) is 6.07 Å². The molecule has 0 atom stereocenters. The van der Waals surface area contributed by atoms with E-state index in [-0.39, 0.29) is 18.6 Å². The molecule has 0 spiro atoms. The number of nitrogens with one attached hydrogen (secondary N) is 1. The Morgan fingerprint density at radius 3 is 2.67 bits per heavy atom. The van der Waals surface area contributed by atoms with Gasteiger partial charge in [-0.05, 0) is 59.7 Å². The average Bonchev–Trinajstić information content (AvgIpc) is 2.40. The predicted octanol–water partition coefficient (Wildman–Crippen LogP) is 2.12. The lowest BCUT2D eigenvalue weighted by Gasteiger charge is -2.27. The zero-order valence-corrected chi connectivity index (χ0v) is 11.7. The van der Waals surface area contributed by atoms with E-state index in [2.05, 4.69) is 26.2 Å². The molecule has 1 aromatic rings. The zero-order valence-electron chi connectivity index (χ0n) is 10.1. The van der Waals surface area contributed by atoms with Crippen molar-refractivity contribution in [3.8, 4) is 0 Å². The maximum atomic E-state index is 11.9. The highest BCUT2D eigenvalue weighted by Crippen LogP contribution is 2.23. The SMILES string of the molecule is O=C(NC1CCC(CO)CC1)c1ccc(Br)cn1. The Hall–Kier alpha value is -0.940. The van der Waals surface area contributed by atoms with Gasteiger partial charge in [0, 0.05) is 23.3 Å². The molecule has 2 rings (SSSR count). The average molecular weight is 313 g/mol. The molecule has 98 valence electrons. The van der Waals surface area contributed by atoms with Crippen molar-refractivity contribution >= 4 is 21.8 Å². The summed E-state index contributed by atoms with van der Waals surface area (Å²) in [4.78, 5) is 16.0. The Kier molecular flexibility index (Phi) is 4.72. The second kappa shape index (κ2) is 6.29. The third-order valence-corrected chi connectivity index (χ3v) is 3.87. The summed E-state index contributed by atoms with van der Waals surface area (Å²) in [6.07, 6.45) is 5.46. The highest BCUT2D eigenvalue weighted by Gasteiger charge is 2.22. The second-order valence-corrected chi connectivity index (χ2v) is 5.65. The van der Waals surface area contributed by atoms with E-state index in [0.29, 0.717) is 11.6 Å². The summed E-state index contributed by atoms with van der Waals surface area (Å²) in [6.45, 7) is 0.259. The Labute approximate surface area is 115 Å². The zero-order chi connectivity index (χ0) is 13.0. The quantitative estimate of drug-likeness (QED) is 0.898. The molecule has 0 aliphatic heterocycles. The topological polar surface area (TPSA) is 62.2 Å². The van der Waals surface area contributed by atoms with Crippen LogP contribution in [0.4, 0.5) is 0 Å². The van der Waals surface area contributed by atoms with E-state index < -0.39 is 0 Å². The highest BCUT2D eigenvalue weighted by molar-refractivity contribution is 9.10. The van der Waals surface area contributed by atoms with Crippen molar-refractivity contribution in [2.45, 2.75) is 31.7 Å². The van der Waals surface area contributed by atoms with Gasteiger partial charge in [0.1, 0.15) is 5.69 Å². The number of hydrogen-bond acceptors (Lipinski definition) is 3. The Balaban J connectivity index is 1.86. The van der Waals surface area contributed by atoms with Crippen molar-refractivity contribution in [3.63, 3.8) is 0 Å². The van der Waals surface area contributed by atoms with Crippen molar-refractivity contribution in [3.05, 3.63) is 28.5 Å². The number of carbonyl (C=O) groups excluding carboxylic acids is 1. The number of halogens is 1. The lowest BCUT2D eigenvalue weighted by atomic mass is 9.86. The van der Waals surface area contributed by atoms with Gasteiger partial charge in [-0.1, -0.05) is 0 Å². The largest absolute Gasteiger partial charge is 0.396 e. The lowest BCUT2D eigenvalue weighted by molar-refractivity contribution is 0.0909. The van der Waals surface area contributed by atoms with Gasteiger partial charge in [0.05, 0.1) is 0 Å². The molecule has 18 heavy (non-hydrogen) atoms. The van der Waals surface area contributed by atoms with Gasteiger partial charge in [-0.2, -0.15) is 0 Å². The number of aliphatic hydroxyl groups is 1. The Bertz CT molecular complexity index is 400. The van der Waals surface area contributed by atoms with Crippen molar-refractivity contribution in [1.29, 1.82) is 0 Å². The molecular weight excluding hydrogens is 296 g/mol. The number of pyridine rings is 1. The van der Waals surface area contributed by atoms with Crippen LogP contribution >= 0.6 is 15.9 Å². The molecule has 0 radical (unpaired) electrons. The fourth-order valence-electron chi connectivity index (χ4n) is 2.26. The first-order valence-corrected chi connectivity index (χ1v) is 7.01. The monoisotopic (exact) mass is 312 g/mol. The smallest absolute Gasteiger partial charge is 0.270 e. The maximum absolute atomic E-state index is 11.9. The number of aliphatic hydroxyl groups excluding tert-OH is 1. The molecule has 1 aromatic heterocycles. The van der Waals surface area contributed by atoms with Gasteiger partial charge in [0.2, 0.25) is 0 Å². The third-order valence-electron chi connectivity index (χ3n) is 3.40. The summed E-state index contributed by atoms with van der Waals surface area (Å²) < 4.78 is 0.863. The van der Waals surface area contributed by atoms with Crippen LogP contribution in [0.1, 0.15) is 36.2 Å². The molecule has 5 heteroatoms. The number of aromatic nitrogens is 1.